The van der Waals surface area contributed by atoms with Crippen LogP contribution < -0.4 is 9.47 Å². The van der Waals surface area contributed by atoms with Crippen LogP contribution in [-0.2, 0) is 0 Å². The molecule has 0 fully saturated rings. The van der Waals surface area contributed by atoms with Crippen molar-refractivity contribution < 1.29 is 19.1 Å². The monoisotopic (exact) mass is 357 g/mol. The Hall–Kier alpha value is -3.73. The van der Waals surface area contributed by atoms with E-state index in [9.17, 15) is 9.59 Å². The molecule has 0 saturated heterocycles. The van der Waals surface area contributed by atoms with E-state index in [4.69, 9.17) is 9.47 Å². The van der Waals surface area contributed by atoms with Crippen molar-refractivity contribution in [3.05, 3.63) is 95.0 Å². The summed E-state index contributed by atoms with van der Waals surface area (Å²) >= 11 is 0. The highest BCUT2D eigenvalue weighted by molar-refractivity contribution is 6.14. The highest BCUT2D eigenvalue weighted by Crippen LogP contribution is 2.35. The number of Topliss-reactive ketones (excluding diaryl/α,β-unsaturated/α-hetero) is 1. The average Bonchev–Trinajstić information content (AvgIpc) is 2.98. The van der Waals surface area contributed by atoms with Gasteiger partial charge >= 0.3 is 5.97 Å². The fourth-order valence-corrected chi connectivity index (χ4v) is 2.81. The number of fused-ring (bicyclic) bond motifs is 1. The molecule has 0 N–H and O–H groups in total. The summed E-state index contributed by atoms with van der Waals surface area (Å²) in [7, 11) is 0. The molecule has 0 aliphatic carbocycles. The Labute approximate surface area is 155 Å². The summed E-state index contributed by atoms with van der Waals surface area (Å²) < 4.78 is 11.1. The zero-order chi connectivity index (χ0) is 18.8. The molecule has 0 atom stereocenters. The second-order valence-corrected chi connectivity index (χ2v) is 6.09. The molecule has 4 rings (SSSR count). The van der Waals surface area contributed by atoms with Crippen molar-refractivity contribution in [2.75, 3.05) is 0 Å². The average molecular weight is 357 g/mol. The van der Waals surface area contributed by atoms with E-state index in [1.54, 1.807) is 54.9 Å². The SMILES string of the molecule is Cc1ccccc1C(=O)Oc1ccc2c(c1)O/C(=C\c1cccnc1)C2=O. The topological polar surface area (TPSA) is 65.5 Å². The number of allylic oxidation sites excluding steroid dienone is 1. The summed E-state index contributed by atoms with van der Waals surface area (Å²) in [5, 5.41) is 0. The van der Waals surface area contributed by atoms with Gasteiger partial charge in [0.05, 0.1) is 11.1 Å². The lowest BCUT2D eigenvalue weighted by molar-refractivity contribution is 0.0733. The first kappa shape index (κ1) is 16.7. The lowest BCUT2D eigenvalue weighted by Gasteiger charge is -2.07. The van der Waals surface area contributed by atoms with Gasteiger partial charge in [0.2, 0.25) is 5.78 Å². The van der Waals surface area contributed by atoms with Gasteiger partial charge < -0.3 is 9.47 Å². The molecule has 1 aliphatic heterocycles. The normalized spacial score (nSPS) is 14.0. The van der Waals surface area contributed by atoms with Crippen LogP contribution in [0.2, 0.25) is 0 Å². The third-order valence-electron chi connectivity index (χ3n) is 4.20. The molecule has 2 heterocycles. The standard InChI is InChI=1S/C22H15NO4/c1-14-5-2-3-7-17(14)22(25)26-16-8-9-18-19(12-16)27-20(21(18)24)11-15-6-4-10-23-13-15/h2-13H,1H3/b20-11-. The Balaban J connectivity index is 1.57. The number of rotatable bonds is 3. The van der Waals surface area contributed by atoms with Crippen molar-refractivity contribution in [3.63, 3.8) is 0 Å². The number of carbonyl (C=O) groups excluding carboxylic acids is 2. The first-order valence-electron chi connectivity index (χ1n) is 8.38. The smallest absolute Gasteiger partial charge is 0.343 e. The van der Waals surface area contributed by atoms with E-state index in [0.717, 1.165) is 11.1 Å². The molecule has 27 heavy (non-hydrogen) atoms. The van der Waals surface area contributed by atoms with Gasteiger partial charge in [-0.15, -0.1) is 0 Å². The second kappa shape index (κ2) is 6.88. The van der Waals surface area contributed by atoms with Crippen molar-refractivity contribution >= 4 is 17.8 Å². The van der Waals surface area contributed by atoms with E-state index in [1.807, 2.05) is 25.1 Å². The summed E-state index contributed by atoms with van der Waals surface area (Å²) in [6.45, 7) is 1.84. The van der Waals surface area contributed by atoms with Gasteiger partial charge in [0, 0.05) is 18.5 Å². The van der Waals surface area contributed by atoms with Crippen molar-refractivity contribution in [3.8, 4) is 11.5 Å². The molecule has 0 bridgehead atoms. The first-order valence-corrected chi connectivity index (χ1v) is 8.38. The largest absolute Gasteiger partial charge is 0.452 e. The van der Waals surface area contributed by atoms with E-state index in [1.165, 1.54) is 0 Å². The highest BCUT2D eigenvalue weighted by atomic mass is 16.5. The van der Waals surface area contributed by atoms with E-state index in [2.05, 4.69) is 4.98 Å². The van der Waals surface area contributed by atoms with Gasteiger partial charge in [-0.05, 0) is 48.4 Å². The quantitative estimate of drug-likeness (QED) is 0.399. The fraction of sp³-hybridized carbons (Fsp3) is 0.0455. The van der Waals surface area contributed by atoms with Crippen molar-refractivity contribution in [2.24, 2.45) is 0 Å². The minimum absolute atomic E-state index is 0.209. The van der Waals surface area contributed by atoms with Gasteiger partial charge in [-0.25, -0.2) is 4.79 Å². The molecule has 0 saturated carbocycles. The number of benzene rings is 2. The van der Waals surface area contributed by atoms with Crippen molar-refractivity contribution in [2.45, 2.75) is 6.92 Å². The molecule has 0 radical (unpaired) electrons. The number of hydrogen-bond donors (Lipinski definition) is 0. The molecule has 0 unspecified atom stereocenters. The Bertz CT molecular complexity index is 1070. The van der Waals surface area contributed by atoms with Crippen LogP contribution in [0, 0.1) is 6.92 Å². The molecule has 2 aromatic carbocycles. The van der Waals surface area contributed by atoms with Gasteiger partial charge in [0.25, 0.3) is 0 Å². The van der Waals surface area contributed by atoms with Gasteiger partial charge in [-0.3, -0.25) is 9.78 Å². The molecule has 5 heteroatoms. The van der Waals surface area contributed by atoms with E-state index in [0.29, 0.717) is 22.6 Å². The predicted octanol–water partition coefficient (Wildman–Crippen LogP) is 4.23. The van der Waals surface area contributed by atoms with Crippen LogP contribution in [0.1, 0.15) is 31.8 Å². The van der Waals surface area contributed by atoms with Crippen LogP contribution in [0.5, 0.6) is 11.5 Å². The highest BCUT2D eigenvalue weighted by Gasteiger charge is 2.28. The molecular weight excluding hydrogens is 342 g/mol. The maximum absolute atomic E-state index is 12.5. The van der Waals surface area contributed by atoms with Gasteiger partial charge in [0.15, 0.2) is 5.76 Å². The fourth-order valence-electron chi connectivity index (χ4n) is 2.81. The van der Waals surface area contributed by atoms with Crippen LogP contribution in [0.4, 0.5) is 0 Å². The summed E-state index contributed by atoms with van der Waals surface area (Å²) in [5.41, 5.74) is 2.52. The number of aryl methyl sites for hydroxylation is 1. The lowest BCUT2D eigenvalue weighted by Crippen LogP contribution is -2.10. The number of aromatic nitrogens is 1. The van der Waals surface area contributed by atoms with Gasteiger partial charge in [-0.1, -0.05) is 24.3 Å². The Morgan fingerprint density at radius 3 is 2.74 bits per heavy atom. The number of carbonyl (C=O) groups is 2. The van der Waals surface area contributed by atoms with Crippen LogP contribution in [0.25, 0.3) is 6.08 Å². The van der Waals surface area contributed by atoms with Crippen molar-refractivity contribution in [1.82, 2.24) is 4.98 Å². The molecule has 1 aromatic heterocycles. The minimum atomic E-state index is -0.455. The Morgan fingerprint density at radius 1 is 1.11 bits per heavy atom. The number of ketones is 1. The van der Waals surface area contributed by atoms with E-state index >= 15 is 0 Å². The number of nitrogens with zero attached hydrogens (tertiary/aromatic N) is 1. The Morgan fingerprint density at radius 2 is 1.96 bits per heavy atom. The third kappa shape index (κ3) is 3.35. The molecule has 0 amide bonds. The van der Waals surface area contributed by atoms with Crippen LogP contribution in [-0.4, -0.2) is 16.7 Å². The predicted molar refractivity (Wildman–Crippen MR) is 99.8 cm³/mol. The molecule has 132 valence electrons. The number of ether oxygens (including phenoxy) is 2. The van der Waals surface area contributed by atoms with Crippen LogP contribution >= 0.6 is 0 Å². The molecule has 1 aliphatic rings. The summed E-state index contributed by atoms with van der Waals surface area (Å²) in [6, 6.07) is 15.5. The Kier molecular flexibility index (Phi) is 4.26. The number of hydrogen-bond acceptors (Lipinski definition) is 5. The summed E-state index contributed by atoms with van der Waals surface area (Å²) in [4.78, 5) is 28.9. The molecule has 0 spiro atoms. The second-order valence-electron chi connectivity index (χ2n) is 6.09. The zero-order valence-electron chi connectivity index (χ0n) is 14.5. The number of esters is 1. The zero-order valence-corrected chi connectivity index (χ0v) is 14.5. The first-order chi connectivity index (χ1) is 13.1. The van der Waals surface area contributed by atoms with Crippen LogP contribution in [0.3, 0.4) is 0 Å². The molecular formula is C22H15NO4. The lowest BCUT2D eigenvalue weighted by atomic mass is 10.1. The molecule has 5 nitrogen and oxygen atoms in total. The third-order valence-corrected chi connectivity index (χ3v) is 4.20. The summed E-state index contributed by atoms with van der Waals surface area (Å²) in [6.07, 6.45) is 4.93. The minimum Gasteiger partial charge on any atom is -0.452 e. The molecule has 3 aromatic rings. The summed E-state index contributed by atoms with van der Waals surface area (Å²) in [5.74, 6) is 0.220. The van der Waals surface area contributed by atoms with E-state index in [-0.39, 0.29) is 11.5 Å². The van der Waals surface area contributed by atoms with Gasteiger partial charge in [0.1, 0.15) is 11.5 Å². The van der Waals surface area contributed by atoms with Crippen molar-refractivity contribution in [1.29, 1.82) is 0 Å². The maximum atomic E-state index is 12.5. The number of pyridine rings is 1. The maximum Gasteiger partial charge on any atom is 0.343 e. The van der Waals surface area contributed by atoms with Crippen LogP contribution in [0.15, 0.2) is 72.8 Å². The van der Waals surface area contributed by atoms with Gasteiger partial charge in [-0.2, -0.15) is 0 Å². The van der Waals surface area contributed by atoms with E-state index < -0.39 is 5.97 Å².